The maximum Gasteiger partial charge on any atom is 0.371 e. The van der Waals surface area contributed by atoms with E-state index in [1.54, 1.807) is 6.07 Å². The molecule has 0 amide bonds. The van der Waals surface area contributed by atoms with Crippen LogP contribution in [0.25, 0.3) is 0 Å². The first-order valence-electron chi connectivity index (χ1n) is 7.79. The molecule has 21 heavy (non-hydrogen) atoms. The van der Waals surface area contributed by atoms with E-state index in [9.17, 15) is 4.79 Å². The molecule has 0 aliphatic heterocycles. The van der Waals surface area contributed by atoms with Crippen molar-refractivity contribution < 1.29 is 14.3 Å². The van der Waals surface area contributed by atoms with Crippen LogP contribution in [0.5, 0.6) is 0 Å². The van der Waals surface area contributed by atoms with Crippen molar-refractivity contribution in [3.63, 3.8) is 0 Å². The average molecular weight is 296 g/mol. The highest BCUT2D eigenvalue weighted by molar-refractivity contribution is 5.84. The van der Waals surface area contributed by atoms with Crippen LogP contribution in [0.1, 0.15) is 49.1 Å². The Labute approximate surface area is 127 Å². The Bertz CT molecular complexity index is 439. The van der Waals surface area contributed by atoms with E-state index in [4.69, 9.17) is 9.52 Å². The zero-order valence-electron chi connectivity index (χ0n) is 13.7. The summed E-state index contributed by atoms with van der Waals surface area (Å²) in [4.78, 5) is 15.7. The monoisotopic (exact) mass is 296 g/mol. The minimum Gasteiger partial charge on any atom is -0.475 e. The molecule has 1 rings (SSSR count). The van der Waals surface area contributed by atoms with Gasteiger partial charge in [-0.25, -0.2) is 4.79 Å². The molecular weight excluding hydrogens is 268 g/mol. The van der Waals surface area contributed by atoms with E-state index >= 15 is 0 Å². The Morgan fingerprint density at radius 3 is 2.19 bits per heavy atom. The van der Waals surface area contributed by atoms with Crippen molar-refractivity contribution in [3.05, 3.63) is 23.2 Å². The zero-order chi connectivity index (χ0) is 15.8. The number of nitrogens with zero attached hydrogens (tertiary/aromatic N) is 2. The maximum atomic E-state index is 10.9. The summed E-state index contributed by atoms with van der Waals surface area (Å²) in [6.07, 6.45) is 1.12. The number of aromatic carboxylic acids is 1. The fourth-order valence-corrected chi connectivity index (χ4v) is 2.43. The molecule has 1 aromatic heterocycles. The lowest BCUT2D eigenvalue weighted by Crippen LogP contribution is -2.29. The van der Waals surface area contributed by atoms with Crippen LogP contribution in [0.15, 0.2) is 10.5 Å². The summed E-state index contributed by atoms with van der Waals surface area (Å²) < 4.78 is 5.26. The summed E-state index contributed by atoms with van der Waals surface area (Å²) >= 11 is 0. The van der Waals surface area contributed by atoms with Crippen LogP contribution < -0.4 is 0 Å². The molecule has 5 nitrogen and oxygen atoms in total. The lowest BCUT2D eigenvalue weighted by atomic mass is 10.2. The summed E-state index contributed by atoms with van der Waals surface area (Å²) in [7, 11) is 0. The number of carboxylic acids is 1. The maximum absolute atomic E-state index is 10.9. The highest BCUT2D eigenvalue weighted by Crippen LogP contribution is 2.17. The second-order valence-electron chi connectivity index (χ2n) is 5.25. The average Bonchev–Trinajstić information content (AvgIpc) is 2.83. The number of carboxylic acid groups (broad SMARTS) is 1. The molecule has 120 valence electrons. The first kappa shape index (κ1) is 17.7. The van der Waals surface area contributed by atoms with Crippen LogP contribution in [0, 0.1) is 6.92 Å². The molecule has 0 saturated heterocycles. The van der Waals surface area contributed by atoms with Crippen LogP contribution >= 0.6 is 0 Å². The predicted octanol–water partition coefficient (Wildman–Crippen LogP) is 2.84. The minimum absolute atomic E-state index is 0.0293. The highest BCUT2D eigenvalue weighted by Gasteiger charge is 2.15. The van der Waals surface area contributed by atoms with Gasteiger partial charge in [0, 0.05) is 12.1 Å². The number of rotatable bonds is 10. The number of carbonyl (C=O) groups is 1. The van der Waals surface area contributed by atoms with Crippen molar-refractivity contribution in [3.8, 4) is 0 Å². The fourth-order valence-electron chi connectivity index (χ4n) is 2.43. The highest BCUT2D eigenvalue weighted by atomic mass is 16.4. The van der Waals surface area contributed by atoms with Gasteiger partial charge in [0.25, 0.3) is 0 Å². The van der Waals surface area contributed by atoms with E-state index in [1.165, 1.54) is 0 Å². The smallest absolute Gasteiger partial charge is 0.371 e. The summed E-state index contributed by atoms with van der Waals surface area (Å²) in [6.45, 7) is 14.3. The molecular formula is C16H28N2O3. The van der Waals surface area contributed by atoms with Gasteiger partial charge in [-0.05, 0) is 52.1 Å². The molecule has 0 aliphatic rings. The Balaban J connectivity index is 2.52. The molecule has 0 unspecified atom stereocenters. The second kappa shape index (κ2) is 8.85. The largest absolute Gasteiger partial charge is 0.475 e. The van der Waals surface area contributed by atoms with Gasteiger partial charge < -0.3 is 14.4 Å². The van der Waals surface area contributed by atoms with Crippen molar-refractivity contribution in [1.82, 2.24) is 9.80 Å². The summed E-state index contributed by atoms with van der Waals surface area (Å²) in [5, 5.41) is 8.96. The predicted molar refractivity (Wildman–Crippen MR) is 83.8 cm³/mol. The van der Waals surface area contributed by atoms with Gasteiger partial charge in [-0.2, -0.15) is 0 Å². The normalized spacial score (nSPS) is 11.5. The third-order valence-corrected chi connectivity index (χ3v) is 3.92. The summed E-state index contributed by atoms with van der Waals surface area (Å²) in [5.41, 5.74) is 0.970. The van der Waals surface area contributed by atoms with Crippen molar-refractivity contribution in [2.75, 3.05) is 32.7 Å². The van der Waals surface area contributed by atoms with Gasteiger partial charge in [-0.15, -0.1) is 0 Å². The third kappa shape index (κ3) is 5.52. The molecule has 0 aliphatic carbocycles. The standard InChI is InChI=1S/C16H28N2O3/c1-5-17(6-2)9-8-10-18(7-3)12-14-11-15(16(19)20)21-13(14)4/h11H,5-10,12H2,1-4H3,(H,19,20). The van der Waals surface area contributed by atoms with Gasteiger partial charge >= 0.3 is 5.97 Å². The van der Waals surface area contributed by atoms with Crippen molar-refractivity contribution in [2.24, 2.45) is 0 Å². The van der Waals surface area contributed by atoms with Crippen LogP contribution in [0.4, 0.5) is 0 Å². The minimum atomic E-state index is -1.01. The quantitative estimate of drug-likeness (QED) is 0.719. The first-order valence-corrected chi connectivity index (χ1v) is 7.79. The van der Waals surface area contributed by atoms with Gasteiger partial charge in [-0.1, -0.05) is 20.8 Å². The molecule has 0 radical (unpaired) electrons. The molecule has 0 fully saturated rings. The van der Waals surface area contributed by atoms with E-state index in [0.29, 0.717) is 5.76 Å². The Hall–Kier alpha value is -1.33. The van der Waals surface area contributed by atoms with Crippen molar-refractivity contribution in [2.45, 2.75) is 40.7 Å². The molecule has 0 saturated carbocycles. The van der Waals surface area contributed by atoms with Crippen LogP contribution in [-0.2, 0) is 6.54 Å². The summed E-state index contributed by atoms with van der Waals surface area (Å²) in [6, 6.07) is 1.64. The second-order valence-corrected chi connectivity index (χ2v) is 5.25. The topological polar surface area (TPSA) is 56.9 Å². The Morgan fingerprint density at radius 1 is 1.14 bits per heavy atom. The van der Waals surface area contributed by atoms with E-state index in [-0.39, 0.29) is 5.76 Å². The first-order chi connectivity index (χ1) is 10.0. The van der Waals surface area contributed by atoms with Crippen LogP contribution in [0.3, 0.4) is 0 Å². The molecule has 0 bridgehead atoms. The van der Waals surface area contributed by atoms with Gasteiger partial charge in [0.05, 0.1) is 0 Å². The molecule has 0 atom stereocenters. The van der Waals surface area contributed by atoms with Crippen molar-refractivity contribution >= 4 is 5.97 Å². The molecule has 0 spiro atoms. The lowest BCUT2D eigenvalue weighted by Gasteiger charge is -2.23. The van der Waals surface area contributed by atoms with Gasteiger partial charge in [0.15, 0.2) is 0 Å². The van der Waals surface area contributed by atoms with Crippen molar-refractivity contribution in [1.29, 1.82) is 0 Å². The molecule has 1 N–H and O–H groups in total. The molecule has 5 heteroatoms. The zero-order valence-corrected chi connectivity index (χ0v) is 13.7. The van der Waals surface area contributed by atoms with Gasteiger partial charge in [0.2, 0.25) is 5.76 Å². The van der Waals surface area contributed by atoms with E-state index in [0.717, 1.165) is 51.3 Å². The number of hydrogen-bond acceptors (Lipinski definition) is 4. The van der Waals surface area contributed by atoms with Gasteiger partial charge in [-0.3, -0.25) is 4.90 Å². The third-order valence-electron chi connectivity index (χ3n) is 3.92. The molecule has 1 heterocycles. The SMILES string of the molecule is CCN(CC)CCCN(CC)Cc1cc(C(=O)O)oc1C. The van der Waals surface area contributed by atoms with E-state index in [2.05, 4.69) is 30.6 Å². The Morgan fingerprint density at radius 2 is 1.71 bits per heavy atom. The summed E-state index contributed by atoms with van der Waals surface area (Å²) in [5.74, 6) is -0.273. The van der Waals surface area contributed by atoms with E-state index < -0.39 is 5.97 Å². The molecule has 0 aromatic carbocycles. The van der Waals surface area contributed by atoms with Crippen LogP contribution in [0.2, 0.25) is 0 Å². The number of furan rings is 1. The van der Waals surface area contributed by atoms with Gasteiger partial charge in [0.1, 0.15) is 5.76 Å². The molecule has 1 aromatic rings. The van der Waals surface area contributed by atoms with Crippen LogP contribution in [-0.4, -0.2) is 53.6 Å². The number of aryl methyl sites for hydroxylation is 1. The van der Waals surface area contributed by atoms with E-state index in [1.807, 2.05) is 6.92 Å². The Kier molecular flexibility index (Phi) is 7.47. The fraction of sp³-hybridized carbons (Fsp3) is 0.688. The lowest BCUT2D eigenvalue weighted by molar-refractivity contribution is 0.0661. The number of hydrogen-bond donors (Lipinski definition) is 1.